The molecule has 1 aromatic carbocycles. The van der Waals surface area contributed by atoms with E-state index in [4.69, 9.17) is 11.6 Å². The molecule has 0 saturated heterocycles. The van der Waals surface area contributed by atoms with Crippen molar-refractivity contribution in [2.45, 2.75) is 13.0 Å². The molecule has 0 spiro atoms. The minimum atomic E-state index is 0.0106. The molecule has 0 aliphatic rings. The van der Waals surface area contributed by atoms with Crippen LogP contribution >= 0.6 is 11.6 Å². The Labute approximate surface area is 105 Å². The third-order valence-electron chi connectivity index (χ3n) is 2.68. The van der Waals surface area contributed by atoms with Gasteiger partial charge in [0.2, 0.25) is 5.91 Å². The number of alkyl halides is 1. The Morgan fingerprint density at radius 2 is 2.12 bits per heavy atom. The molecule has 1 heterocycles. The van der Waals surface area contributed by atoms with Gasteiger partial charge in [0, 0.05) is 37.1 Å². The normalized spacial score (nSPS) is 10.6. The Morgan fingerprint density at radius 1 is 1.29 bits per heavy atom. The first kappa shape index (κ1) is 12.0. The molecule has 3 nitrogen and oxygen atoms in total. The molecule has 0 aliphatic heterocycles. The van der Waals surface area contributed by atoms with Crippen molar-refractivity contribution in [3.63, 3.8) is 0 Å². The van der Waals surface area contributed by atoms with Crippen LogP contribution < -0.4 is 5.32 Å². The summed E-state index contributed by atoms with van der Waals surface area (Å²) in [7, 11) is 0. The lowest BCUT2D eigenvalue weighted by Gasteiger charge is -2.06. The highest BCUT2D eigenvalue weighted by atomic mass is 35.5. The number of amides is 1. The van der Waals surface area contributed by atoms with E-state index < -0.39 is 0 Å². The second kappa shape index (κ2) is 5.73. The zero-order valence-electron chi connectivity index (χ0n) is 9.53. The van der Waals surface area contributed by atoms with E-state index in [-0.39, 0.29) is 5.91 Å². The summed E-state index contributed by atoms with van der Waals surface area (Å²) in [5, 5.41) is 4.06. The first-order chi connectivity index (χ1) is 8.31. The number of aromatic nitrogens is 1. The van der Waals surface area contributed by atoms with Crippen molar-refractivity contribution in [2.24, 2.45) is 0 Å². The van der Waals surface area contributed by atoms with Gasteiger partial charge in [-0.05, 0) is 17.5 Å². The van der Waals surface area contributed by atoms with Crippen molar-refractivity contribution >= 4 is 28.4 Å². The Bertz CT molecular complexity index is 507. The average molecular weight is 251 g/mol. The summed E-state index contributed by atoms with van der Waals surface area (Å²) in [5.74, 6) is 0.384. The van der Waals surface area contributed by atoms with E-state index in [1.165, 1.54) is 10.9 Å². The number of para-hydroxylation sites is 1. The van der Waals surface area contributed by atoms with Gasteiger partial charge in [-0.1, -0.05) is 18.2 Å². The number of carbonyl (C=O) groups is 1. The Morgan fingerprint density at radius 3 is 2.94 bits per heavy atom. The molecule has 0 fully saturated rings. The molecular weight excluding hydrogens is 236 g/mol. The van der Waals surface area contributed by atoms with Crippen LogP contribution in [0.15, 0.2) is 36.5 Å². The number of carbonyl (C=O) groups excluding carboxylic acids is 1. The fourth-order valence-corrected chi connectivity index (χ4v) is 2.00. The van der Waals surface area contributed by atoms with Crippen molar-refractivity contribution in [3.05, 3.63) is 36.5 Å². The molecule has 1 aromatic heterocycles. The summed E-state index contributed by atoms with van der Waals surface area (Å²) < 4.78 is 2.14. The second-order valence-electron chi connectivity index (χ2n) is 3.86. The minimum Gasteiger partial charge on any atom is -0.354 e. The maximum Gasteiger partial charge on any atom is 0.221 e. The smallest absolute Gasteiger partial charge is 0.221 e. The largest absolute Gasteiger partial charge is 0.354 e. The van der Waals surface area contributed by atoms with Crippen LogP contribution in [-0.2, 0) is 11.3 Å². The predicted molar refractivity (Wildman–Crippen MR) is 70.3 cm³/mol. The highest BCUT2D eigenvalue weighted by molar-refractivity contribution is 6.18. The summed E-state index contributed by atoms with van der Waals surface area (Å²) >= 11 is 5.49. The molecule has 2 rings (SSSR count). The highest BCUT2D eigenvalue weighted by Gasteiger charge is 2.01. The van der Waals surface area contributed by atoms with Gasteiger partial charge in [0.25, 0.3) is 0 Å². The van der Waals surface area contributed by atoms with Crippen LogP contribution in [0.1, 0.15) is 6.42 Å². The van der Waals surface area contributed by atoms with Gasteiger partial charge in [-0.15, -0.1) is 11.6 Å². The first-order valence-electron chi connectivity index (χ1n) is 5.68. The SMILES string of the molecule is O=C(CCCl)NCCn1ccc2ccccc21. The van der Waals surface area contributed by atoms with Gasteiger partial charge in [0.05, 0.1) is 0 Å². The summed E-state index contributed by atoms with van der Waals surface area (Å²) in [6.45, 7) is 1.41. The van der Waals surface area contributed by atoms with Crippen LogP contribution in [0, 0.1) is 0 Å². The molecule has 0 atom stereocenters. The molecule has 17 heavy (non-hydrogen) atoms. The number of nitrogens with one attached hydrogen (secondary N) is 1. The van der Waals surface area contributed by atoms with Gasteiger partial charge in [0.15, 0.2) is 0 Å². The fraction of sp³-hybridized carbons (Fsp3) is 0.308. The van der Waals surface area contributed by atoms with Crippen molar-refractivity contribution in [1.29, 1.82) is 0 Å². The van der Waals surface area contributed by atoms with Crippen molar-refractivity contribution in [3.8, 4) is 0 Å². The quantitative estimate of drug-likeness (QED) is 0.813. The summed E-state index contributed by atoms with van der Waals surface area (Å²) in [6.07, 6.45) is 2.42. The zero-order valence-corrected chi connectivity index (χ0v) is 10.3. The number of rotatable bonds is 5. The molecular formula is C13H15ClN2O. The van der Waals surface area contributed by atoms with Gasteiger partial charge in [-0.3, -0.25) is 4.79 Å². The fourth-order valence-electron chi connectivity index (χ4n) is 1.83. The van der Waals surface area contributed by atoms with Gasteiger partial charge in [0.1, 0.15) is 0 Å². The minimum absolute atomic E-state index is 0.0106. The van der Waals surface area contributed by atoms with E-state index in [1.807, 2.05) is 18.3 Å². The summed E-state index contributed by atoms with van der Waals surface area (Å²) in [6, 6.07) is 10.3. The average Bonchev–Trinajstić information content (AvgIpc) is 2.73. The first-order valence-corrected chi connectivity index (χ1v) is 6.21. The Kier molecular flexibility index (Phi) is 4.04. The van der Waals surface area contributed by atoms with Crippen LogP contribution in [0.3, 0.4) is 0 Å². The third kappa shape index (κ3) is 3.01. The topological polar surface area (TPSA) is 34.0 Å². The maximum absolute atomic E-state index is 11.2. The summed E-state index contributed by atoms with van der Waals surface area (Å²) in [5.41, 5.74) is 1.19. The number of halogens is 1. The number of fused-ring (bicyclic) bond motifs is 1. The van der Waals surface area contributed by atoms with Gasteiger partial charge in [-0.25, -0.2) is 0 Å². The third-order valence-corrected chi connectivity index (χ3v) is 2.87. The van der Waals surface area contributed by atoms with Crippen LogP contribution in [-0.4, -0.2) is 22.9 Å². The van der Waals surface area contributed by atoms with Crippen LogP contribution in [0.25, 0.3) is 10.9 Å². The van der Waals surface area contributed by atoms with Crippen LogP contribution in [0.4, 0.5) is 0 Å². The van der Waals surface area contributed by atoms with Gasteiger partial charge >= 0.3 is 0 Å². The molecule has 1 amide bonds. The van der Waals surface area contributed by atoms with Crippen molar-refractivity contribution in [1.82, 2.24) is 9.88 Å². The number of hydrogen-bond donors (Lipinski definition) is 1. The highest BCUT2D eigenvalue weighted by Crippen LogP contribution is 2.14. The van der Waals surface area contributed by atoms with Crippen LogP contribution in [0.5, 0.6) is 0 Å². The Hall–Kier alpha value is -1.48. The predicted octanol–water partition coefficient (Wildman–Crippen LogP) is 2.39. The second-order valence-corrected chi connectivity index (χ2v) is 4.23. The molecule has 0 bridgehead atoms. The van der Waals surface area contributed by atoms with E-state index in [2.05, 4.69) is 28.1 Å². The molecule has 0 aliphatic carbocycles. The lowest BCUT2D eigenvalue weighted by atomic mass is 10.2. The number of nitrogens with zero attached hydrogens (tertiary/aromatic N) is 1. The standard InChI is InChI=1S/C13H15ClN2O/c14-7-5-13(17)15-8-10-16-9-6-11-3-1-2-4-12(11)16/h1-4,6,9H,5,7-8,10H2,(H,15,17). The van der Waals surface area contributed by atoms with E-state index in [9.17, 15) is 4.79 Å². The van der Waals surface area contributed by atoms with E-state index in [0.29, 0.717) is 18.8 Å². The molecule has 90 valence electrons. The molecule has 4 heteroatoms. The lowest BCUT2D eigenvalue weighted by molar-refractivity contribution is -0.120. The van der Waals surface area contributed by atoms with Crippen molar-refractivity contribution in [2.75, 3.05) is 12.4 Å². The number of hydrogen-bond acceptors (Lipinski definition) is 1. The van der Waals surface area contributed by atoms with E-state index >= 15 is 0 Å². The summed E-state index contributed by atoms with van der Waals surface area (Å²) in [4.78, 5) is 11.2. The van der Waals surface area contributed by atoms with Gasteiger partial charge < -0.3 is 9.88 Å². The number of benzene rings is 1. The van der Waals surface area contributed by atoms with Crippen LogP contribution in [0.2, 0.25) is 0 Å². The maximum atomic E-state index is 11.2. The van der Waals surface area contributed by atoms with Gasteiger partial charge in [-0.2, -0.15) is 0 Å². The van der Waals surface area contributed by atoms with Crippen molar-refractivity contribution < 1.29 is 4.79 Å². The Balaban J connectivity index is 1.93. The van der Waals surface area contributed by atoms with E-state index in [1.54, 1.807) is 0 Å². The van der Waals surface area contributed by atoms with E-state index in [0.717, 1.165) is 6.54 Å². The lowest BCUT2D eigenvalue weighted by Crippen LogP contribution is -2.27. The molecule has 0 unspecified atom stereocenters. The molecule has 0 radical (unpaired) electrons. The monoisotopic (exact) mass is 250 g/mol. The molecule has 0 saturated carbocycles. The molecule has 1 N–H and O–H groups in total. The zero-order chi connectivity index (χ0) is 12.1. The molecule has 2 aromatic rings.